The Kier molecular flexibility index (Phi) is 3.36. The second-order valence-corrected chi connectivity index (χ2v) is 5.77. The number of anilines is 1. The fourth-order valence-corrected chi connectivity index (χ4v) is 2.71. The van der Waals surface area contributed by atoms with E-state index in [1.54, 1.807) is 6.07 Å². The van der Waals surface area contributed by atoms with Crippen molar-refractivity contribution in [2.24, 2.45) is 4.99 Å². The number of fused-ring (bicyclic) bond motifs is 1. The van der Waals surface area contributed by atoms with Crippen LogP contribution in [0, 0.1) is 6.92 Å². The third kappa shape index (κ3) is 2.25. The van der Waals surface area contributed by atoms with Crippen molar-refractivity contribution in [2.75, 3.05) is 5.32 Å². The van der Waals surface area contributed by atoms with Crippen molar-refractivity contribution in [3.05, 3.63) is 57.0 Å². The van der Waals surface area contributed by atoms with E-state index in [0.29, 0.717) is 16.4 Å². The molecule has 1 N–H and O–H groups in total. The molecule has 3 nitrogen and oxygen atoms in total. The molecule has 20 heavy (non-hydrogen) atoms. The van der Waals surface area contributed by atoms with Crippen LogP contribution in [-0.2, 0) is 4.79 Å². The van der Waals surface area contributed by atoms with E-state index >= 15 is 0 Å². The maximum absolute atomic E-state index is 12.0. The fourth-order valence-electron chi connectivity index (χ4n) is 2.09. The first-order chi connectivity index (χ1) is 9.56. The molecule has 2 aromatic rings. The molecule has 1 heterocycles. The number of carbonyl (C=O) groups is 1. The molecule has 0 aromatic heterocycles. The Morgan fingerprint density at radius 2 is 2.00 bits per heavy atom. The van der Waals surface area contributed by atoms with Crippen LogP contribution in [0.3, 0.4) is 0 Å². The van der Waals surface area contributed by atoms with Crippen LogP contribution in [0.15, 0.2) is 45.9 Å². The zero-order valence-electron chi connectivity index (χ0n) is 10.6. The number of halogens is 2. The van der Waals surface area contributed by atoms with E-state index in [4.69, 9.17) is 11.6 Å². The Hall–Kier alpha value is -1.65. The van der Waals surface area contributed by atoms with Crippen LogP contribution in [-0.4, -0.2) is 11.6 Å². The minimum absolute atomic E-state index is 0.190. The molecule has 0 saturated heterocycles. The molecule has 0 atom stereocenters. The number of aryl methyl sites for hydroxylation is 1. The van der Waals surface area contributed by atoms with Crippen molar-refractivity contribution < 1.29 is 4.79 Å². The van der Waals surface area contributed by atoms with Gasteiger partial charge in [0.1, 0.15) is 5.71 Å². The van der Waals surface area contributed by atoms with Crippen LogP contribution in [0.4, 0.5) is 11.4 Å². The molecular weight excluding hydrogens is 340 g/mol. The highest BCUT2D eigenvalue weighted by molar-refractivity contribution is 9.10. The predicted molar refractivity (Wildman–Crippen MR) is 85.2 cm³/mol. The van der Waals surface area contributed by atoms with Crippen molar-refractivity contribution >= 4 is 50.5 Å². The number of amides is 1. The Bertz CT molecular complexity index is 756. The molecule has 1 amide bonds. The number of para-hydroxylation sites is 1. The van der Waals surface area contributed by atoms with Gasteiger partial charge in [-0.2, -0.15) is 0 Å². The van der Waals surface area contributed by atoms with Crippen LogP contribution >= 0.6 is 27.5 Å². The highest BCUT2D eigenvalue weighted by Crippen LogP contribution is 2.32. The Morgan fingerprint density at radius 1 is 1.25 bits per heavy atom. The van der Waals surface area contributed by atoms with Crippen LogP contribution < -0.4 is 5.32 Å². The van der Waals surface area contributed by atoms with Crippen LogP contribution in [0.25, 0.3) is 0 Å². The van der Waals surface area contributed by atoms with Gasteiger partial charge in [0.05, 0.1) is 16.4 Å². The Labute approximate surface area is 129 Å². The molecule has 0 radical (unpaired) electrons. The molecule has 0 bridgehead atoms. The molecule has 0 aliphatic carbocycles. The maximum Gasteiger partial charge on any atom is 0.275 e. The third-order valence-electron chi connectivity index (χ3n) is 3.12. The minimum Gasteiger partial charge on any atom is -0.320 e. The summed E-state index contributed by atoms with van der Waals surface area (Å²) in [5.74, 6) is -0.190. The summed E-state index contributed by atoms with van der Waals surface area (Å²) in [5.41, 5.74) is 3.67. The first-order valence-electron chi connectivity index (χ1n) is 6.01. The molecule has 0 fully saturated rings. The molecule has 2 aromatic carbocycles. The van der Waals surface area contributed by atoms with Crippen molar-refractivity contribution in [3.8, 4) is 0 Å². The third-order valence-corrected chi connectivity index (χ3v) is 4.31. The summed E-state index contributed by atoms with van der Waals surface area (Å²) in [7, 11) is 0. The SMILES string of the molecule is Cc1cc(Br)c(Cl)cc1N=C1C(=O)Nc2ccccc21. The molecule has 0 unspecified atom stereocenters. The minimum atomic E-state index is -0.190. The number of hydrogen-bond acceptors (Lipinski definition) is 2. The quantitative estimate of drug-likeness (QED) is 0.810. The summed E-state index contributed by atoms with van der Waals surface area (Å²) in [5, 5.41) is 3.37. The lowest BCUT2D eigenvalue weighted by Gasteiger charge is -2.04. The normalized spacial score (nSPS) is 15.3. The highest BCUT2D eigenvalue weighted by atomic mass is 79.9. The summed E-state index contributed by atoms with van der Waals surface area (Å²) in [6, 6.07) is 11.1. The van der Waals surface area contributed by atoms with Crippen LogP contribution in [0.1, 0.15) is 11.1 Å². The number of rotatable bonds is 1. The molecule has 1 aliphatic heterocycles. The zero-order valence-corrected chi connectivity index (χ0v) is 12.9. The van der Waals surface area contributed by atoms with Gasteiger partial charge in [0.2, 0.25) is 0 Å². The number of carbonyl (C=O) groups excluding carboxylic acids is 1. The number of aliphatic imine (C=N–C) groups is 1. The van der Waals surface area contributed by atoms with Gasteiger partial charge in [0, 0.05) is 10.0 Å². The van der Waals surface area contributed by atoms with Crippen molar-refractivity contribution in [1.29, 1.82) is 0 Å². The molecule has 1 aliphatic rings. The van der Waals surface area contributed by atoms with Gasteiger partial charge in [-0.3, -0.25) is 4.79 Å². The first kappa shape index (κ1) is 13.3. The summed E-state index contributed by atoms with van der Waals surface area (Å²) < 4.78 is 0.817. The fraction of sp³-hybridized carbons (Fsp3) is 0.0667. The standard InChI is InChI=1S/C15H10BrClN2O/c1-8-6-10(16)11(17)7-13(8)18-14-9-4-2-3-5-12(9)19-15(14)20/h2-7H,1H3,(H,18,19,20). The lowest BCUT2D eigenvalue weighted by molar-refractivity contribution is -0.110. The van der Waals surface area contributed by atoms with Gasteiger partial charge in [-0.25, -0.2) is 4.99 Å². The molecule has 3 rings (SSSR count). The van der Waals surface area contributed by atoms with Crippen LogP contribution in [0.5, 0.6) is 0 Å². The second-order valence-electron chi connectivity index (χ2n) is 4.51. The Morgan fingerprint density at radius 3 is 2.80 bits per heavy atom. The monoisotopic (exact) mass is 348 g/mol. The van der Waals surface area contributed by atoms with E-state index in [9.17, 15) is 4.79 Å². The van der Waals surface area contributed by atoms with E-state index in [-0.39, 0.29) is 5.91 Å². The van der Waals surface area contributed by atoms with Gasteiger partial charge in [-0.15, -0.1) is 0 Å². The van der Waals surface area contributed by atoms with Gasteiger partial charge in [-0.1, -0.05) is 29.8 Å². The summed E-state index contributed by atoms with van der Waals surface area (Å²) >= 11 is 9.46. The first-order valence-corrected chi connectivity index (χ1v) is 7.18. The summed E-state index contributed by atoms with van der Waals surface area (Å²) in [6.45, 7) is 1.93. The van der Waals surface area contributed by atoms with Gasteiger partial charge in [-0.05, 0) is 46.6 Å². The molecule has 100 valence electrons. The van der Waals surface area contributed by atoms with Gasteiger partial charge >= 0.3 is 0 Å². The lowest BCUT2D eigenvalue weighted by Crippen LogP contribution is -2.14. The summed E-state index contributed by atoms with van der Waals surface area (Å²) in [4.78, 5) is 16.5. The molecular formula is C15H10BrClN2O. The van der Waals surface area contributed by atoms with Gasteiger partial charge in [0.25, 0.3) is 5.91 Å². The molecule has 0 spiro atoms. The molecule has 0 saturated carbocycles. The van der Waals surface area contributed by atoms with E-state index < -0.39 is 0 Å². The zero-order chi connectivity index (χ0) is 14.3. The number of hydrogen-bond donors (Lipinski definition) is 1. The number of nitrogens with zero attached hydrogens (tertiary/aromatic N) is 1. The number of nitrogens with one attached hydrogen (secondary N) is 1. The largest absolute Gasteiger partial charge is 0.320 e. The topological polar surface area (TPSA) is 41.5 Å². The highest BCUT2D eigenvalue weighted by Gasteiger charge is 2.25. The second kappa shape index (κ2) is 5.04. The average molecular weight is 350 g/mol. The van der Waals surface area contributed by atoms with Crippen LogP contribution in [0.2, 0.25) is 5.02 Å². The number of benzene rings is 2. The van der Waals surface area contributed by atoms with E-state index in [1.165, 1.54) is 0 Å². The van der Waals surface area contributed by atoms with Crippen molar-refractivity contribution in [3.63, 3.8) is 0 Å². The smallest absolute Gasteiger partial charge is 0.275 e. The van der Waals surface area contributed by atoms with E-state index in [2.05, 4.69) is 26.2 Å². The molecule has 5 heteroatoms. The average Bonchev–Trinajstić information content (AvgIpc) is 2.72. The Balaban J connectivity index is 2.14. The van der Waals surface area contributed by atoms with Gasteiger partial charge in [0.15, 0.2) is 0 Å². The van der Waals surface area contributed by atoms with E-state index in [1.807, 2.05) is 37.3 Å². The maximum atomic E-state index is 12.0. The lowest BCUT2D eigenvalue weighted by atomic mass is 10.1. The summed E-state index contributed by atoms with van der Waals surface area (Å²) in [6.07, 6.45) is 0. The van der Waals surface area contributed by atoms with E-state index in [0.717, 1.165) is 21.3 Å². The van der Waals surface area contributed by atoms with Crippen molar-refractivity contribution in [2.45, 2.75) is 6.92 Å². The van der Waals surface area contributed by atoms with Gasteiger partial charge < -0.3 is 5.32 Å². The predicted octanol–water partition coefficient (Wildman–Crippen LogP) is 4.48. The van der Waals surface area contributed by atoms with Crippen molar-refractivity contribution in [1.82, 2.24) is 0 Å².